The average molecular weight is 474 g/mol. The number of benzene rings is 1. The minimum atomic E-state index is 0. The molecule has 0 aliphatic heterocycles. The molecule has 0 atom stereocenters. The third-order valence-corrected chi connectivity index (χ3v) is 4.33. The van der Waals surface area contributed by atoms with Crippen LogP contribution in [0.5, 0.6) is 5.75 Å². The lowest BCUT2D eigenvalue weighted by Crippen LogP contribution is -2.39. The molecule has 0 saturated carbocycles. The van der Waals surface area contributed by atoms with Crippen LogP contribution in [0, 0.1) is 0 Å². The summed E-state index contributed by atoms with van der Waals surface area (Å²) < 4.78 is 5.67. The Bertz CT molecular complexity index is 619. The van der Waals surface area contributed by atoms with Gasteiger partial charge in [0.2, 0.25) is 0 Å². The van der Waals surface area contributed by atoms with Gasteiger partial charge in [0.15, 0.2) is 5.96 Å². The van der Waals surface area contributed by atoms with E-state index >= 15 is 0 Å². The van der Waals surface area contributed by atoms with Crippen molar-refractivity contribution in [2.45, 2.75) is 26.7 Å². The maximum atomic E-state index is 5.67. The third-order valence-electron chi connectivity index (χ3n) is 3.29. The molecular weight excluding hydrogens is 447 g/mol. The number of nitrogens with one attached hydrogen (secondary N) is 2. The van der Waals surface area contributed by atoms with Gasteiger partial charge in [0.1, 0.15) is 12.4 Å². The number of rotatable bonds is 9. The lowest BCUT2D eigenvalue weighted by molar-refractivity contribution is 0.322. The Morgan fingerprint density at radius 3 is 2.68 bits per heavy atom. The molecule has 1 aromatic carbocycles. The van der Waals surface area contributed by atoms with Crippen molar-refractivity contribution < 1.29 is 4.74 Å². The van der Waals surface area contributed by atoms with Crippen LogP contribution in [-0.2, 0) is 12.8 Å². The molecule has 5 nitrogen and oxygen atoms in total. The molecule has 0 radical (unpaired) electrons. The topological polar surface area (TPSA) is 58.5 Å². The van der Waals surface area contributed by atoms with Crippen LogP contribution in [0.3, 0.4) is 0 Å². The summed E-state index contributed by atoms with van der Waals surface area (Å²) in [7, 11) is 0. The second-order valence-corrected chi connectivity index (χ2v) is 6.13. The SMILES string of the molecule is CCNC(=NCCc1csc(CC)n1)NCCOc1ccccc1.I. The van der Waals surface area contributed by atoms with Crippen molar-refractivity contribution in [2.75, 3.05) is 26.2 Å². The van der Waals surface area contributed by atoms with Gasteiger partial charge in [0.05, 0.1) is 17.2 Å². The molecule has 2 rings (SSSR count). The summed E-state index contributed by atoms with van der Waals surface area (Å²) in [6.45, 7) is 7.05. The summed E-state index contributed by atoms with van der Waals surface area (Å²) >= 11 is 1.73. The van der Waals surface area contributed by atoms with Crippen LogP contribution < -0.4 is 15.4 Å². The van der Waals surface area contributed by atoms with Crippen LogP contribution in [0.1, 0.15) is 24.5 Å². The van der Waals surface area contributed by atoms with Gasteiger partial charge in [-0.1, -0.05) is 25.1 Å². The summed E-state index contributed by atoms with van der Waals surface area (Å²) in [6.07, 6.45) is 1.87. The second kappa shape index (κ2) is 12.9. The fourth-order valence-corrected chi connectivity index (χ4v) is 2.88. The van der Waals surface area contributed by atoms with Gasteiger partial charge in [0.25, 0.3) is 0 Å². The van der Waals surface area contributed by atoms with Crippen molar-refractivity contribution in [3.05, 3.63) is 46.4 Å². The van der Waals surface area contributed by atoms with Crippen molar-refractivity contribution in [2.24, 2.45) is 4.99 Å². The summed E-state index contributed by atoms with van der Waals surface area (Å²) in [5.74, 6) is 1.71. The van der Waals surface area contributed by atoms with Crippen LogP contribution in [0.15, 0.2) is 40.7 Å². The number of para-hydroxylation sites is 1. The normalized spacial score (nSPS) is 10.9. The van der Waals surface area contributed by atoms with Gasteiger partial charge in [-0.25, -0.2) is 4.98 Å². The van der Waals surface area contributed by atoms with Gasteiger partial charge in [-0.2, -0.15) is 0 Å². The lowest BCUT2D eigenvalue weighted by Gasteiger charge is -2.12. The summed E-state index contributed by atoms with van der Waals surface area (Å²) in [4.78, 5) is 9.16. The van der Waals surface area contributed by atoms with Gasteiger partial charge in [-0.3, -0.25) is 4.99 Å². The zero-order valence-corrected chi connectivity index (χ0v) is 18.0. The molecule has 0 bridgehead atoms. The summed E-state index contributed by atoms with van der Waals surface area (Å²) in [5, 5.41) is 9.86. The predicted octanol–water partition coefficient (Wildman–Crippen LogP) is 3.50. The van der Waals surface area contributed by atoms with Crippen LogP contribution in [0.4, 0.5) is 0 Å². The molecule has 0 aliphatic carbocycles. The van der Waals surface area contributed by atoms with Crippen molar-refractivity contribution in [3.8, 4) is 5.75 Å². The first-order valence-electron chi connectivity index (χ1n) is 8.45. The predicted molar refractivity (Wildman–Crippen MR) is 117 cm³/mol. The first-order chi connectivity index (χ1) is 11.8. The van der Waals surface area contributed by atoms with Crippen molar-refractivity contribution in [1.29, 1.82) is 0 Å². The van der Waals surface area contributed by atoms with Crippen molar-refractivity contribution in [1.82, 2.24) is 15.6 Å². The number of halogens is 1. The minimum Gasteiger partial charge on any atom is -0.492 e. The average Bonchev–Trinajstić information content (AvgIpc) is 3.07. The van der Waals surface area contributed by atoms with Gasteiger partial charge in [-0.05, 0) is 25.5 Å². The van der Waals surface area contributed by atoms with Crippen LogP contribution in [-0.4, -0.2) is 37.2 Å². The van der Waals surface area contributed by atoms with Crippen LogP contribution in [0.25, 0.3) is 0 Å². The Morgan fingerprint density at radius 2 is 2.00 bits per heavy atom. The molecule has 25 heavy (non-hydrogen) atoms. The number of ether oxygens (including phenoxy) is 1. The van der Waals surface area contributed by atoms with Gasteiger partial charge in [-0.15, -0.1) is 35.3 Å². The standard InChI is InChI=1S/C18H26N4OS.HI/c1-3-17-22-15(14-24-17)10-11-20-18(19-4-2)21-12-13-23-16-8-6-5-7-9-16;/h5-9,14H,3-4,10-13H2,1-2H3,(H2,19,20,21);1H. The zero-order valence-electron chi connectivity index (χ0n) is 14.8. The number of thiazole rings is 1. The van der Waals surface area contributed by atoms with Crippen LogP contribution >= 0.6 is 35.3 Å². The van der Waals surface area contributed by atoms with E-state index in [9.17, 15) is 0 Å². The number of aliphatic imine (C=N–C) groups is 1. The second-order valence-electron chi connectivity index (χ2n) is 5.19. The van der Waals surface area contributed by atoms with Gasteiger partial charge in [0, 0.05) is 24.9 Å². The monoisotopic (exact) mass is 474 g/mol. The largest absolute Gasteiger partial charge is 0.492 e. The molecular formula is C18H27IN4OS. The number of nitrogens with zero attached hydrogens (tertiary/aromatic N) is 2. The highest BCUT2D eigenvalue weighted by Gasteiger charge is 2.01. The highest BCUT2D eigenvalue weighted by atomic mass is 127. The maximum Gasteiger partial charge on any atom is 0.191 e. The fourth-order valence-electron chi connectivity index (χ4n) is 2.11. The number of hydrogen-bond acceptors (Lipinski definition) is 4. The van der Waals surface area contributed by atoms with E-state index in [1.165, 1.54) is 5.01 Å². The lowest BCUT2D eigenvalue weighted by atomic mass is 10.3. The Labute approximate surface area is 171 Å². The number of aryl methyl sites for hydroxylation is 1. The zero-order chi connectivity index (χ0) is 17.0. The quantitative estimate of drug-likeness (QED) is 0.253. The Kier molecular flexibility index (Phi) is 11.2. The van der Waals surface area contributed by atoms with E-state index in [1.54, 1.807) is 11.3 Å². The van der Waals surface area contributed by atoms with Gasteiger partial charge >= 0.3 is 0 Å². The highest BCUT2D eigenvalue weighted by molar-refractivity contribution is 14.0. The summed E-state index contributed by atoms with van der Waals surface area (Å²) in [6, 6.07) is 9.83. The molecule has 0 aliphatic rings. The minimum absolute atomic E-state index is 0. The molecule has 2 N–H and O–H groups in total. The molecule has 0 saturated heterocycles. The molecule has 7 heteroatoms. The molecule has 138 valence electrons. The maximum absolute atomic E-state index is 5.67. The van der Waals surface area contributed by atoms with E-state index in [0.717, 1.165) is 43.3 Å². The molecule has 0 fully saturated rings. The third kappa shape index (κ3) is 8.53. The Balaban J connectivity index is 0.00000312. The molecule has 1 aromatic heterocycles. The Hall–Kier alpha value is -1.35. The van der Waals surface area contributed by atoms with E-state index in [1.807, 2.05) is 30.3 Å². The smallest absolute Gasteiger partial charge is 0.191 e. The van der Waals surface area contributed by atoms with E-state index in [-0.39, 0.29) is 24.0 Å². The fraction of sp³-hybridized carbons (Fsp3) is 0.444. The first kappa shape index (κ1) is 21.7. The summed E-state index contributed by atoms with van der Waals surface area (Å²) in [5.41, 5.74) is 1.13. The Morgan fingerprint density at radius 1 is 1.20 bits per heavy atom. The molecule has 0 spiro atoms. The van der Waals surface area contributed by atoms with E-state index in [2.05, 4.69) is 39.8 Å². The van der Waals surface area contributed by atoms with E-state index in [4.69, 9.17) is 4.74 Å². The van der Waals surface area contributed by atoms with Crippen molar-refractivity contribution in [3.63, 3.8) is 0 Å². The molecule has 0 amide bonds. The number of guanidine groups is 1. The van der Waals surface area contributed by atoms with E-state index in [0.29, 0.717) is 13.2 Å². The van der Waals surface area contributed by atoms with Crippen molar-refractivity contribution >= 4 is 41.3 Å². The highest BCUT2D eigenvalue weighted by Crippen LogP contribution is 2.10. The molecule has 2 aromatic rings. The first-order valence-corrected chi connectivity index (χ1v) is 9.33. The number of hydrogen-bond donors (Lipinski definition) is 2. The van der Waals surface area contributed by atoms with Crippen LogP contribution in [0.2, 0.25) is 0 Å². The van der Waals surface area contributed by atoms with E-state index < -0.39 is 0 Å². The molecule has 0 unspecified atom stereocenters. The molecule has 1 heterocycles. The number of aromatic nitrogens is 1. The van der Waals surface area contributed by atoms with Gasteiger partial charge < -0.3 is 15.4 Å².